The number of carbonyl (C=O) groups is 2. The molecule has 0 saturated carbocycles. The van der Waals surface area contributed by atoms with Crippen LogP contribution in [0.4, 0.5) is 0 Å². The molecule has 2 atom stereocenters. The Kier molecular flexibility index (Phi) is 46.9. The molecule has 0 saturated heterocycles. The SMILES string of the molecule is CC/C=C\C/C=C\C/C=C\C/C=C\CCCCCCCCCCCCC(=O)OC(COC(=O)CCCCCCCCCCCCCCCCCCCCC)COP(=O)(O)OCC. The molecule has 1 N–H and O–H groups in total. The number of rotatable bonds is 48. The third-order valence-electron chi connectivity index (χ3n) is 11.1. The zero-order chi connectivity index (χ0) is 45.3. The number of unbranched alkanes of at least 4 members (excludes halogenated alkanes) is 28. The van der Waals surface area contributed by atoms with Gasteiger partial charge in [-0.3, -0.25) is 18.6 Å². The maximum absolute atomic E-state index is 12.6. The molecule has 62 heavy (non-hydrogen) atoms. The summed E-state index contributed by atoms with van der Waals surface area (Å²) < 4.78 is 32.8. The van der Waals surface area contributed by atoms with E-state index in [9.17, 15) is 19.0 Å². The van der Waals surface area contributed by atoms with Gasteiger partial charge in [-0.2, -0.15) is 0 Å². The Morgan fingerprint density at radius 2 is 0.823 bits per heavy atom. The topological polar surface area (TPSA) is 108 Å². The fraction of sp³-hybridized carbons (Fsp3) is 0.811. The first-order valence-corrected chi connectivity index (χ1v) is 27.4. The molecule has 0 heterocycles. The first-order valence-electron chi connectivity index (χ1n) is 25.9. The van der Waals surface area contributed by atoms with E-state index >= 15 is 0 Å². The quantitative estimate of drug-likeness (QED) is 0.0278. The molecule has 0 radical (unpaired) electrons. The third kappa shape index (κ3) is 47.5. The Bertz CT molecular complexity index is 1150. The molecule has 362 valence electrons. The normalized spacial score (nSPS) is 13.5. The van der Waals surface area contributed by atoms with Gasteiger partial charge >= 0.3 is 19.8 Å². The van der Waals surface area contributed by atoms with Crippen LogP contribution in [0.5, 0.6) is 0 Å². The van der Waals surface area contributed by atoms with Crippen molar-refractivity contribution in [2.45, 2.75) is 258 Å². The molecule has 0 aromatic rings. The van der Waals surface area contributed by atoms with Crippen LogP contribution >= 0.6 is 7.82 Å². The lowest BCUT2D eigenvalue weighted by Gasteiger charge is -2.19. The van der Waals surface area contributed by atoms with Gasteiger partial charge in [0.1, 0.15) is 6.61 Å². The zero-order valence-electron chi connectivity index (χ0n) is 40.5. The van der Waals surface area contributed by atoms with Gasteiger partial charge in [0.25, 0.3) is 0 Å². The number of phosphoric acid groups is 1. The molecule has 0 aliphatic rings. The van der Waals surface area contributed by atoms with Crippen LogP contribution in [0.1, 0.15) is 252 Å². The number of hydrogen-bond acceptors (Lipinski definition) is 7. The van der Waals surface area contributed by atoms with E-state index in [0.29, 0.717) is 12.8 Å². The average molecular weight is 893 g/mol. The summed E-state index contributed by atoms with van der Waals surface area (Å²) in [4.78, 5) is 35.0. The minimum Gasteiger partial charge on any atom is -0.462 e. The smallest absolute Gasteiger partial charge is 0.462 e. The summed E-state index contributed by atoms with van der Waals surface area (Å²) in [6.07, 6.45) is 58.9. The number of ether oxygens (including phenoxy) is 2. The van der Waals surface area contributed by atoms with Gasteiger partial charge in [-0.15, -0.1) is 0 Å². The highest BCUT2D eigenvalue weighted by Gasteiger charge is 2.25. The van der Waals surface area contributed by atoms with Crippen LogP contribution in [0.2, 0.25) is 0 Å². The molecule has 0 aliphatic heterocycles. The van der Waals surface area contributed by atoms with Crippen molar-refractivity contribution in [3.05, 3.63) is 48.6 Å². The molecule has 0 fully saturated rings. The molecule has 0 aliphatic carbocycles. The van der Waals surface area contributed by atoms with Crippen molar-refractivity contribution >= 4 is 19.8 Å². The molecule has 0 aromatic heterocycles. The molecular formula is C53H97O8P. The maximum atomic E-state index is 12.6. The van der Waals surface area contributed by atoms with Gasteiger partial charge in [-0.1, -0.05) is 229 Å². The van der Waals surface area contributed by atoms with Crippen LogP contribution < -0.4 is 0 Å². The Hall–Kier alpha value is -1.99. The second kappa shape index (κ2) is 48.5. The summed E-state index contributed by atoms with van der Waals surface area (Å²) in [5.41, 5.74) is 0. The average Bonchev–Trinajstić information content (AvgIpc) is 3.25. The predicted octanol–water partition coefficient (Wildman–Crippen LogP) is 16.9. The summed E-state index contributed by atoms with van der Waals surface area (Å²) in [6.45, 7) is 5.40. The van der Waals surface area contributed by atoms with Crippen molar-refractivity contribution in [3.63, 3.8) is 0 Å². The van der Waals surface area contributed by atoms with E-state index in [1.54, 1.807) is 6.92 Å². The molecule has 9 heteroatoms. The van der Waals surface area contributed by atoms with Gasteiger partial charge in [0.15, 0.2) is 6.10 Å². The van der Waals surface area contributed by atoms with E-state index in [-0.39, 0.29) is 25.6 Å². The monoisotopic (exact) mass is 893 g/mol. The number of phosphoric ester groups is 1. The number of hydrogen-bond donors (Lipinski definition) is 1. The summed E-state index contributed by atoms with van der Waals surface area (Å²) >= 11 is 0. The summed E-state index contributed by atoms with van der Waals surface area (Å²) in [6, 6.07) is 0. The van der Waals surface area contributed by atoms with Gasteiger partial charge in [0.2, 0.25) is 0 Å². The lowest BCUT2D eigenvalue weighted by atomic mass is 10.0. The molecule has 0 rings (SSSR count). The van der Waals surface area contributed by atoms with Crippen LogP contribution in [-0.4, -0.2) is 42.8 Å². The van der Waals surface area contributed by atoms with Crippen LogP contribution in [0.15, 0.2) is 48.6 Å². The highest BCUT2D eigenvalue weighted by molar-refractivity contribution is 7.47. The third-order valence-corrected chi connectivity index (χ3v) is 12.2. The van der Waals surface area contributed by atoms with Crippen molar-refractivity contribution in [1.29, 1.82) is 0 Å². The number of allylic oxidation sites excluding steroid dienone is 8. The molecule has 0 amide bonds. The van der Waals surface area contributed by atoms with Gasteiger partial charge in [0.05, 0.1) is 13.2 Å². The second-order valence-corrected chi connectivity index (χ2v) is 18.6. The Morgan fingerprint density at radius 1 is 0.452 bits per heavy atom. The first-order chi connectivity index (χ1) is 30.3. The minimum atomic E-state index is -4.29. The molecule has 0 bridgehead atoms. The summed E-state index contributed by atoms with van der Waals surface area (Å²) in [7, 11) is -4.29. The Balaban J connectivity index is 3.96. The zero-order valence-corrected chi connectivity index (χ0v) is 41.4. The fourth-order valence-electron chi connectivity index (χ4n) is 7.39. The van der Waals surface area contributed by atoms with E-state index in [1.165, 1.54) is 141 Å². The summed E-state index contributed by atoms with van der Waals surface area (Å²) in [5, 5.41) is 0. The van der Waals surface area contributed by atoms with E-state index < -0.39 is 26.5 Å². The van der Waals surface area contributed by atoms with Gasteiger partial charge < -0.3 is 14.4 Å². The molecule has 2 unspecified atom stereocenters. The molecule has 0 spiro atoms. The van der Waals surface area contributed by atoms with E-state index in [0.717, 1.165) is 70.6 Å². The lowest BCUT2D eigenvalue weighted by molar-refractivity contribution is -0.161. The molecular weight excluding hydrogens is 796 g/mol. The van der Waals surface area contributed by atoms with Crippen molar-refractivity contribution in [2.75, 3.05) is 19.8 Å². The van der Waals surface area contributed by atoms with E-state index in [1.807, 2.05) is 0 Å². The number of esters is 2. The van der Waals surface area contributed by atoms with Crippen molar-refractivity contribution in [1.82, 2.24) is 0 Å². The lowest BCUT2D eigenvalue weighted by Crippen LogP contribution is -2.29. The molecule has 8 nitrogen and oxygen atoms in total. The van der Waals surface area contributed by atoms with E-state index in [4.69, 9.17) is 18.5 Å². The van der Waals surface area contributed by atoms with Crippen LogP contribution in [0.25, 0.3) is 0 Å². The van der Waals surface area contributed by atoms with Crippen molar-refractivity contribution in [2.24, 2.45) is 0 Å². The Morgan fingerprint density at radius 3 is 1.24 bits per heavy atom. The highest BCUT2D eigenvalue weighted by Crippen LogP contribution is 2.43. The first kappa shape index (κ1) is 60.0. The van der Waals surface area contributed by atoms with Gasteiger partial charge in [-0.25, -0.2) is 4.57 Å². The van der Waals surface area contributed by atoms with Gasteiger partial charge in [-0.05, 0) is 58.3 Å². The Labute approximate surface area is 382 Å². The number of carbonyl (C=O) groups excluding carboxylic acids is 2. The van der Waals surface area contributed by atoms with Crippen molar-refractivity contribution in [3.8, 4) is 0 Å². The predicted molar refractivity (Wildman–Crippen MR) is 262 cm³/mol. The highest BCUT2D eigenvalue weighted by atomic mass is 31.2. The van der Waals surface area contributed by atoms with Crippen LogP contribution in [-0.2, 0) is 32.7 Å². The maximum Gasteiger partial charge on any atom is 0.472 e. The second-order valence-electron chi connectivity index (χ2n) is 17.2. The molecule has 0 aromatic carbocycles. The fourth-order valence-corrected chi connectivity index (χ4v) is 8.14. The standard InChI is InChI=1S/C53H97O8P/c1-4-7-9-11-13-15-17-19-21-23-25-26-27-28-30-32-34-36-38-40-42-44-46-48-53(55)61-51(50-60-62(56,57)59-6-3)49-58-52(54)47-45-43-41-39-37-35-33-31-29-24-22-20-18-16-14-12-10-8-5-2/h7,9,13,15,19,21,25-26,51H,4-6,8,10-12,14,16-18,20,22-24,27-50H2,1-3H3,(H,56,57)/b9-7-,15-13-,21-19-,26-25-. The van der Waals surface area contributed by atoms with Crippen LogP contribution in [0.3, 0.4) is 0 Å². The van der Waals surface area contributed by atoms with E-state index in [2.05, 4.69) is 62.5 Å². The van der Waals surface area contributed by atoms with Gasteiger partial charge in [0, 0.05) is 12.8 Å². The van der Waals surface area contributed by atoms with Crippen LogP contribution in [0, 0.1) is 0 Å². The largest absolute Gasteiger partial charge is 0.472 e. The van der Waals surface area contributed by atoms with Crippen molar-refractivity contribution < 1.29 is 37.6 Å². The minimum absolute atomic E-state index is 0.0000883. The summed E-state index contributed by atoms with van der Waals surface area (Å²) in [5.74, 6) is -0.792.